The number of hydrogen-bond donors (Lipinski definition) is 0. The fraction of sp³-hybridized carbons (Fsp3) is 0. The zero-order valence-corrected chi connectivity index (χ0v) is 34.6. The van der Waals surface area contributed by atoms with Crippen LogP contribution in [0.25, 0.3) is 122 Å². The lowest BCUT2D eigenvalue weighted by Gasteiger charge is -2.15. The normalized spacial score (nSPS) is 11.8. The summed E-state index contributed by atoms with van der Waals surface area (Å²) in [6, 6.07) is 79.8. The van der Waals surface area contributed by atoms with Crippen LogP contribution in [0.1, 0.15) is 0 Å². The third-order valence-corrected chi connectivity index (χ3v) is 12.7. The van der Waals surface area contributed by atoms with E-state index in [1.807, 2.05) is 24.3 Å². The van der Waals surface area contributed by atoms with Gasteiger partial charge in [-0.25, -0.2) is 15.0 Å². The van der Waals surface area contributed by atoms with E-state index in [2.05, 4.69) is 209 Å². The molecule has 0 saturated carbocycles. The minimum absolute atomic E-state index is 0.609. The van der Waals surface area contributed by atoms with E-state index < -0.39 is 0 Å². The van der Waals surface area contributed by atoms with Crippen molar-refractivity contribution in [1.82, 2.24) is 24.1 Å². The molecule has 5 nitrogen and oxygen atoms in total. The van der Waals surface area contributed by atoms with E-state index in [1.54, 1.807) is 0 Å². The topological polar surface area (TPSA) is 48.5 Å². The molecule has 0 atom stereocenters. The Morgan fingerprint density at radius 1 is 0.281 bits per heavy atom. The number of benzene rings is 10. The van der Waals surface area contributed by atoms with Crippen LogP contribution in [0.3, 0.4) is 0 Å². The molecule has 64 heavy (non-hydrogen) atoms. The predicted octanol–water partition coefficient (Wildman–Crippen LogP) is 15.0. The van der Waals surface area contributed by atoms with Gasteiger partial charge in [0.05, 0.1) is 27.8 Å². The Bertz CT molecular complexity index is 3960. The van der Waals surface area contributed by atoms with Gasteiger partial charge in [-0.15, -0.1) is 0 Å². The molecule has 0 bridgehead atoms. The van der Waals surface area contributed by atoms with Crippen LogP contribution < -0.4 is 0 Å². The number of fused-ring (bicyclic) bond motifs is 9. The molecule has 0 aliphatic rings. The van der Waals surface area contributed by atoms with Gasteiger partial charge in [0.1, 0.15) is 0 Å². The van der Waals surface area contributed by atoms with Crippen molar-refractivity contribution < 1.29 is 0 Å². The summed E-state index contributed by atoms with van der Waals surface area (Å²) in [7, 11) is 0. The third-order valence-electron chi connectivity index (χ3n) is 12.7. The largest absolute Gasteiger partial charge is 0.309 e. The SMILES string of the molecule is c1ccc(-c2nc(-c3ccccc3-c3ccccc3)nc(-c3ccccc3-n3c4ccccc4c4cc5cc(-n6c7ccccc7c7c8ccccc8ccc76)ccc5cc43)n2)cc1. The highest BCUT2D eigenvalue weighted by Gasteiger charge is 2.21. The second-order valence-electron chi connectivity index (χ2n) is 16.4. The van der Waals surface area contributed by atoms with Crippen molar-refractivity contribution in [2.75, 3.05) is 0 Å². The summed E-state index contributed by atoms with van der Waals surface area (Å²) in [5, 5.41) is 9.77. The fourth-order valence-corrected chi connectivity index (χ4v) is 9.85. The average molecular weight is 816 g/mol. The monoisotopic (exact) mass is 815 g/mol. The average Bonchev–Trinajstić information content (AvgIpc) is 3.88. The molecule has 10 aromatic carbocycles. The Kier molecular flexibility index (Phi) is 8.15. The minimum Gasteiger partial charge on any atom is -0.309 e. The maximum Gasteiger partial charge on any atom is 0.166 e. The number of aromatic nitrogens is 5. The summed E-state index contributed by atoms with van der Waals surface area (Å²) in [5.74, 6) is 1.86. The van der Waals surface area contributed by atoms with Gasteiger partial charge in [-0.05, 0) is 87.3 Å². The summed E-state index contributed by atoms with van der Waals surface area (Å²) < 4.78 is 4.81. The van der Waals surface area contributed by atoms with Crippen molar-refractivity contribution in [3.05, 3.63) is 224 Å². The van der Waals surface area contributed by atoms with Crippen LogP contribution in [0.5, 0.6) is 0 Å². The van der Waals surface area contributed by atoms with Crippen LogP contribution in [0, 0.1) is 0 Å². The maximum absolute atomic E-state index is 5.32. The third kappa shape index (κ3) is 5.68. The van der Waals surface area contributed by atoms with Gasteiger partial charge in [0.15, 0.2) is 17.5 Å². The van der Waals surface area contributed by atoms with Gasteiger partial charge in [0.2, 0.25) is 0 Å². The van der Waals surface area contributed by atoms with E-state index in [0.717, 1.165) is 55.6 Å². The summed E-state index contributed by atoms with van der Waals surface area (Å²) in [4.78, 5) is 15.7. The van der Waals surface area contributed by atoms with Crippen molar-refractivity contribution in [3.8, 4) is 56.7 Å². The molecule has 0 aliphatic carbocycles. The molecule has 0 aliphatic heterocycles. The van der Waals surface area contributed by atoms with Gasteiger partial charge in [-0.2, -0.15) is 0 Å². The van der Waals surface area contributed by atoms with Crippen molar-refractivity contribution in [1.29, 1.82) is 0 Å². The first-order valence-corrected chi connectivity index (χ1v) is 21.7. The molecule has 3 aromatic heterocycles. The molecule has 298 valence electrons. The molecule has 13 aromatic rings. The molecular weight excluding hydrogens is 779 g/mol. The van der Waals surface area contributed by atoms with Gasteiger partial charge in [-0.3, -0.25) is 0 Å². The van der Waals surface area contributed by atoms with Crippen molar-refractivity contribution >= 4 is 65.2 Å². The molecule has 0 radical (unpaired) electrons. The van der Waals surface area contributed by atoms with E-state index >= 15 is 0 Å². The maximum atomic E-state index is 5.32. The number of nitrogens with zero attached hydrogens (tertiary/aromatic N) is 5. The molecule has 0 fully saturated rings. The van der Waals surface area contributed by atoms with Crippen LogP contribution in [0.2, 0.25) is 0 Å². The van der Waals surface area contributed by atoms with E-state index in [1.165, 1.54) is 48.7 Å². The molecule has 0 N–H and O–H groups in total. The van der Waals surface area contributed by atoms with Crippen LogP contribution in [0.4, 0.5) is 0 Å². The molecule has 0 amide bonds. The summed E-state index contributed by atoms with van der Waals surface area (Å²) in [5.41, 5.74) is 11.7. The first-order chi connectivity index (χ1) is 31.7. The highest BCUT2D eigenvalue weighted by Crippen LogP contribution is 2.41. The molecule has 0 saturated heterocycles. The van der Waals surface area contributed by atoms with Gasteiger partial charge >= 0.3 is 0 Å². The second kappa shape index (κ2) is 14.5. The van der Waals surface area contributed by atoms with Crippen molar-refractivity contribution in [2.45, 2.75) is 0 Å². The zero-order valence-electron chi connectivity index (χ0n) is 34.6. The smallest absolute Gasteiger partial charge is 0.166 e. The summed E-state index contributed by atoms with van der Waals surface area (Å²) >= 11 is 0. The minimum atomic E-state index is 0.609. The Morgan fingerprint density at radius 2 is 0.859 bits per heavy atom. The molecule has 13 rings (SSSR count). The highest BCUT2D eigenvalue weighted by molar-refractivity contribution is 6.21. The van der Waals surface area contributed by atoms with Gasteiger partial charge in [0.25, 0.3) is 0 Å². The van der Waals surface area contributed by atoms with Crippen molar-refractivity contribution in [2.24, 2.45) is 0 Å². The Morgan fingerprint density at radius 3 is 1.66 bits per heavy atom. The van der Waals surface area contributed by atoms with Crippen molar-refractivity contribution in [3.63, 3.8) is 0 Å². The second-order valence-corrected chi connectivity index (χ2v) is 16.4. The first-order valence-electron chi connectivity index (χ1n) is 21.7. The van der Waals surface area contributed by atoms with Crippen LogP contribution in [-0.4, -0.2) is 24.1 Å². The van der Waals surface area contributed by atoms with Crippen LogP contribution >= 0.6 is 0 Å². The lowest BCUT2D eigenvalue weighted by Crippen LogP contribution is -2.04. The molecule has 5 heteroatoms. The Labute approximate surface area is 368 Å². The summed E-state index contributed by atoms with van der Waals surface area (Å²) in [6.45, 7) is 0. The van der Waals surface area contributed by atoms with E-state index in [9.17, 15) is 0 Å². The van der Waals surface area contributed by atoms with E-state index in [-0.39, 0.29) is 0 Å². The van der Waals surface area contributed by atoms with Crippen LogP contribution in [-0.2, 0) is 0 Å². The Balaban J connectivity index is 1.01. The number of para-hydroxylation sites is 3. The van der Waals surface area contributed by atoms with Gasteiger partial charge in [-0.1, -0.05) is 170 Å². The fourth-order valence-electron chi connectivity index (χ4n) is 9.85. The van der Waals surface area contributed by atoms with E-state index in [4.69, 9.17) is 15.0 Å². The summed E-state index contributed by atoms with van der Waals surface area (Å²) in [6.07, 6.45) is 0. The lowest BCUT2D eigenvalue weighted by molar-refractivity contribution is 1.06. The molecule has 0 unspecified atom stereocenters. The number of rotatable bonds is 6. The lowest BCUT2D eigenvalue weighted by atomic mass is 9.99. The zero-order chi connectivity index (χ0) is 42.1. The Hall–Kier alpha value is -8.67. The molecule has 0 spiro atoms. The van der Waals surface area contributed by atoms with Gasteiger partial charge < -0.3 is 9.13 Å². The van der Waals surface area contributed by atoms with Crippen LogP contribution in [0.15, 0.2) is 224 Å². The first kappa shape index (κ1) is 36.0. The quantitative estimate of drug-likeness (QED) is 0.168. The standard InChI is InChI=1S/C59H37N5/c1-3-17-38(18-4-1)44-22-9-10-25-47(44)58-60-57(40-20-5-2-6-21-40)61-59(62-58)49-27-13-16-30-53(49)64-51-28-14-11-24-46(51)50-36-42-35-43(33-31-41(42)37-55(50)64)63-52-29-15-12-26-48(52)56-45-23-8-7-19-39(45)32-34-54(56)63/h1-37H. The number of hydrogen-bond acceptors (Lipinski definition) is 3. The highest BCUT2D eigenvalue weighted by atomic mass is 15.1. The molecular formula is C59H37N5. The predicted molar refractivity (Wildman–Crippen MR) is 265 cm³/mol. The molecule has 3 heterocycles. The van der Waals surface area contributed by atoms with E-state index in [0.29, 0.717) is 17.5 Å². The van der Waals surface area contributed by atoms with Gasteiger partial charge in [0, 0.05) is 43.9 Å².